The van der Waals surface area contributed by atoms with Gasteiger partial charge in [0.15, 0.2) is 0 Å². The second-order valence-electron chi connectivity index (χ2n) is 4.79. The van der Waals surface area contributed by atoms with E-state index in [0.717, 1.165) is 17.3 Å². The molecule has 2 rings (SSSR count). The van der Waals surface area contributed by atoms with Gasteiger partial charge in [-0.15, -0.1) is 0 Å². The van der Waals surface area contributed by atoms with Crippen LogP contribution in [-0.2, 0) is 16.6 Å². The Morgan fingerprint density at radius 2 is 1.95 bits per heavy atom. The van der Waals surface area contributed by atoms with E-state index in [2.05, 4.69) is 9.71 Å². The van der Waals surface area contributed by atoms with Gasteiger partial charge in [-0.1, -0.05) is 18.2 Å². The standard InChI is InChI=1S/C13H17N3O2S/c1-16(2)9-11-8-7-10-5-4-6-12(13(10)14-11)15-19(3,17)18/h4-8,15H,9H2,1-3H3. The smallest absolute Gasteiger partial charge is 0.229 e. The molecule has 0 saturated heterocycles. The predicted molar refractivity (Wildman–Crippen MR) is 77.6 cm³/mol. The lowest BCUT2D eigenvalue weighted by atomic mass is 10.2. The van der Waals surface area contributed by atoms with E-state index in [1.54, 1.807) is 6.07 Å². The highest BCUT2D eigenvalue weighted by Gasteiger charge is 2.08. The van der Waals surface area contributed by atoms with Crippen molar-refractivity contribution in [3.8, 4) is 0 Å². The molecule has 0 atom stereocenters. The van der Waals surface area contributed by atoms with Crippen LogP contribution < -0.4 is 4.72 Å². The van der Waals surface area contributed by atoms with Gasteiger partial charge in [-0.25, -0.2) is 13.4 Å². The molecule has 1 N–H and O–H groups in total. The number of sulfonamides is 1. The number of anilines is 1. The molecule has 5 nitrogen and oxygen atoms in total. The summed E-state index contributed by atoms with van der Waals surface area (Å²) in [6, 6.07) is 9.34. The van der Waals surface area contributed by atoms with Crippen LogP contribution in [0.3, 0.4) is 0 Å². The summed E-state index contributed by atoms with van der Waals surface area (Å²) in [4.78, 5) is 6.55. The van der Waals surface area contributed by atoms with E-state index in [0.29, 0.717) is 17.7 Å². The topological polar surface area (TPSA) is 62.3 Å². The van der Waals surface area contributed by atoms with Gasteiger partial charge in [0.05, 0.1) is 23.2 Å². The fraction of sp³-hybridized carbons (Fsp3) is 0.308. The number of benzene rings is 1. The molecule has 0 saturated carbocycles. The number of fused-ring (bicyclic) bond motifs is 1. The van der Waals surface area contributed by atoms with Crippen molar-refractivity contribution < 1.29 is 8.42 Å². The van der Waals surface area contributed by atoms with Gasteiger partial charge in [-0.2, -0.15) is 0 Å². The molecule has 0 aliphatic rings. The molecule has 2 aromatic rings. The summed E-state index contributed by atoms with van der Waals surface area (Å²) in [5.74, 6) is 0. The average Bonchev–Trinajstić information content (AvgIpc) is 2.27. The monoisotopic (exact) mass is 279 g/mol. The molecule has 0 spiro atoms. The molecule has 102 valence electrons. The molecule has 1 aromatic heterocycles. The maximum Gasteiger partial charge on any atom is 0.229 e. The molecule has 0 amide bonds. The first-order valence-electron chi connectivity index (χ1n) is 5.86. The van der Waals surface area contributed by atoms with Crippen LogP contribution in [0.2, 0.25) is 0 Å². The van der Waals surface area contributed by atoms with E-state index in [-0.39, 0.29) is 0 Å². The van der Waals surface area contributed by atoms with Crippen molar-refractivity contribution in [1.29, 1.82) is 0 Å². The molecule has 0 aliphatic heterocycles. The summed E-state index contributed by atoms with van der Waals surface area (Å²) in [6.45, 7) is 0.711. The normalized spacial score (nSPS) is 12.0. The van der Waals surface area contributed by atoms with Crippen molar-refractivity contribution >= 4 is 26.6 Å². The summed E-state index contributed by atoms with van der Waals surface area (Å²) in [7, 11) is 0.625. The number of pyridine rings is 1. The number of rotatable bonds is 4. The van der Waals surface area contributed by atoms with E-state index in [4.69, 9.17) is 0 Å². The van der Waals surface area contributed by atoms with Crippen LogP contribution >= 0.6 is 0 Å². The van der Waals surface area contributed by atoms with Crippen LogP contribution in [0.4, 0.5) is 5.69 Å². The van der Waals surface area contributed by atoms with Gasteiger partial charge in [0.1, 0.15) is 0 Å². The zero-order valence-electron chi connectivity index (χ0n) is 11.2. The minimum atomic E-state index is -3.30. The highest BCUT2D eigenvalue weighted by atomic mass is 32.2. The van der Waals surface area contributed by atoms with Crippen LogP contribution in [-0.4, -0.2) is 38.7 Å². The Bertz CT molecular complexity index is 696. The number of hydrogen-bond donors (Lipinski definition) is 1. The van der Waals surface area contributed by atoms with Crippen LogP contribution in [0.5, 0.6) is 0 Å². The van der Waals surface area contributed by atoms with Crippen molar-refractivity contribution in [1.82, 2.24) is 9.88 Å². The third kappa shape index (κ3) is 3.65. The van der Waals surface area contributed by atoms with Crippen molar-refractivity contribution in [3.63, 3.8) is 0 Å². The molecule has 0 bridgehead atoms. The summed E-state index contributed by atoms with van der Waals surface area (Å²) >= 11 is 0. The summed E-state index contributed by atoms with van der Waals surface area (Å²) in [5, 5.41) is 0.913. The quantitative estimate of drug-likeness (QED) is 0.924. The van der Waals surface area contributed by atoms with E-state index in [1.165, 1.54) is 0 Å². The number of aromatic nitrogens is 1. The van der Waals surface area contributed by atoms with Crippen molar-refractivity contribution in [2.24, 2.45) is 0 Å². The van der Waals surface area contributed by atoms with Crippen molar-refractivity contribution in [3.05, 3.63) is 36.0 Å². The molecule has 1 heterocycles. The fourth-order valence-electron chi connectivity index (χ4n) is 1.88. The Kier molecular flexibility index (Phi) is 3.73. The molecule has 19 heavy (non-hydrogen) atoms. The zero-order chi connectivity index (χ0) is 14.0. The minimum Gasteiger partial charge on any atom is -0.304 e. The van der Waals surface area contributed by atoms with Gasteiger partial charge in [0.2, 0.25) is 10.0 Å². The van der Waals surface area contributed by atoms with Gasteiger partial charge >= 0.3 is 0 Å². The largest absolute Gasteiger partial charge is 0.304 e. The summed E-state index contributed by atoms with van der Waals surface area (Å²) in [5.41, 5.74) is 2.09. The van der Waals surface area contributed by atoms with E-state index in [9.17, 15) is 8.42 Å². The Morgan fingerprint density at radius 3 is 2.58 bits per heavy atom. The third-order valence-corrected chi connectivity index (χ3v) is 3.14. The molecule has 6 heteroatoms. The molecule has 0 unspecified atom stereocenters. The van der Waals surface area contributed by atoms with E-state index in [1.807, 2.05) is 43.3 Å². The SMILES string of the molecule is CN(C)Cc1ccc2cccc(NS(C)(=O)=O)c2n1. The number of nitrogens with one attached hydrogen (secondary N) is 1. The van der Waals surface area contributed by atoms with Gasteiger partial charge in [0.25, 0.3) is 0 Å². The van der Waals surface area contributed by atoms with Crippen LogP contribution in [0.1, 0.15) is 5.69 Å². The maximum absolute atomic E-state index is 11.4. The van der Waals surface area contributed by atoms with Crippen LogP contribution in [0.25, 0.3) is 10.9 Å². The molecule has 0 aliphatic carbocycles. The number of nitrogens with zero attached hydrogens (tertiary/aromatic N) is 2. The highest BCUT2D eigenvalue weighted by molar-refractivity contribution is 7.92. The zero-order valence-corrected chi connectivity index (χ0v) is 12.0. The minimum absolute atomic E-state index is 0.514. The fourth-order valence-corrected chi connectivity index (χ4v) is 2.45. The lowest BCUT2D eigenvalue weighted by molar-refractivity contribution is 0.397. The average molecular weight is 279 g/mol. The first-order chi connectivity index (χ1) is 8.85. The Labute approximate surface area is 113 Å². The van der Waals surface area contributed by atoms with E-state index < -0.39 is 10.0 Å². The van der Waals surface area contributed by atoms with E-state index >= 15 is 0 Å². The Hall–Kier alpha value is -1.66. The first-order valence-corrected chi connectivity index (χ1v) is 7.75. The summed E-state index contributed by atoms with van der Waals surface area (Å²) in [6.07, 6.45) is 1.13. The third-order valence-electron chi connectivity index (χ3n) is 2.55. The highest BCUT2D eigenvalue weighted by Crippen LogP contribution is 2.22. The lowest BCUT2D eigenvalue weighted by Crippen LogP contribution is -2.13. The Morgan fingerprint density at radius 1 is 1.21 bits per heavy atom. The molecule has 0 fully saturated rings. The van der Waals surface area contributed by atoms with Gasteiger partial charge in [-0.3, -0.25) is 4.72 Å². The number of para-hydroxylation sites is 1. The Balaban J connectivity index is 2.52. The molecule has 0 radical (unpaired) electrons. The second-order valence-corrected chi connectivity index (χ2v) is 6.54. The second kappa shape index (κ2) is 5.14. The van der Waals surface area contributed by atoms with Gasteiger partial charge in [0, 0.05) is 11.9 Å². The predicted octanol–water partition coefficient (Wildman–Crippen LogP) is 1.67. The van der Waals surface area contributed by atoms with Gasteiger partial charge in [-0.05, 0) is 26.2 Å². The van der Waals surface area contributed by atoms with Crippen molar-refractivity contribution in [2.75, 3.05) is 25.1 Å². The summed E-state index contributed by atoms with van der Waals surface area (Å²) < 4.78 is 25.2. The van der Waals surface area contributed by atoms with Crippen LogP contribution in [0, 0.1) is 0 Å². The van der Waals surface area contributed by atoms with Crippen LogP contribution in [0.15, 0.2) is 30.3 Å². The first kappa shape index (κ1) is 13.8. The van der Waals surface area contributed by atoms with Crippen molar-refractivity contribution in [2.45, 2.75) is 6.54 Å². The molecular weight excluding hydrogens is 262 g/mol. The van der Waals surface area contributed by atoms with Gasteiger partial charge < -0.3 is 4.90 Å². The molecule has 1 aromatic carbocycles. The lowest BCUT2D eigenvalue weighted by Gasteiger charge is -2.11. The molecular formula is C13H17N3O2S. The number of hydrogen-bond acceptors (Lipinski definition) is 4. The maximum atomic E-state index is 11.4.